The first-order chi connectivity index (χ1) is 8.22. The maximum absolute atomic E-state index is 11.8. The molecule has 0 unspecified atom stereocenters. The van der Waals surface area contributed by atoms with E-state index in [1.807, 2.05) is 13.0 Å². The molecule has 0 aliphatic heterocycles. The second-order valence-corrected chi connectivity index (χ2v) is 3.64. The van der Waals surface area contributed by atoms with E-state index in [0.29, 0.717) is 12.0 Å². The number of hydrogen-bond acceptors (Lipinski definition) is 3. The van der Waals surface area contributed by atoms with Crippen molar-refractivity contribution in [1.82, 2.24) is 5.32 Å². The molecule has 0 aliphatic rings. The Labute approximate surface area is 101 Å². The van der Waals surface area contributed by atoms with Crippen molar-refractivity contribution in [1.29, 1.82) is 5.26 Å². The van der Waals surface area contributed by atoms with Crippen LogP contribution < -0.4 is 5.32 Å². The largest absolute Gasteiger partial charge is 0.360 e. The van der Waals surface area contributed by atoms with Crippen LogP contribution in [0.2, 0.25) is 0 Å². The van der Waals surface area contributed by atoms with E-state index in [1.54, 1.807) is 24.3 Å². The molecule has 1 amide bonds. The van der Waals surface area contributed by atoms with Gasteiger partial charge in [-0.05, 0) is 18.6 Å². The highest BCUT2D eigenvalue weighted by Gasteiger charge is 2.21. The minimum absolute atomic E-state index is 0.230. The second kappa shape index (κ2) is 6.66. The van der Waals surface area contributed by atoms with Gasteiger partial charge in [-0.1, -0.05) is 25.1 Å². The quantitative estimate of drug-likeness (QED) is 0.789. The molecule has 1 N–H and O–H groups in total. The Kier molecular flexibility index (Phi) is 5.18. The summed E-state index contributed by atoms with van der Waals surface area (Å²) in [6.07, 6.45) is 0.0575. The zero-order valence-corrected chi connectivity index (χ0v) is 10.0. The van der Waals surface area contributed by atoms with Gasteiger partial charge in [-0.3, -0.25) is 4.79 Å². The van der Waals surface area contributed by atoms with Gasteiger partial charge < -0.3 is 10.1 Å². The summed E-state index contributed by atoms with van der Waals surface area (Å²) in [6.45, 7) is 1.88. The molecule has 4 nitrogen and oxygen atoms in total. The van der Waals surface area contributed by atoms with E-state index < -0.39 is 6.23 Å². The van der Waals surface area contributed by atoms with Crippen molar-refractivity contribution in [3.63, 3.8) is 0 Å². The molecule has 0 spiro atoms. The molecular formula is C13H16N2O2. The van der Waals surface area contributed by atoms with Gasteiger partial charge in [0, 0.05) is 12.7 Å². The fraction of sp³-hybridized carbons (Fsp3) is 0.385. The Bertz CT molecular complexity index is 398. The van der Waals surface area contributed by atoms with E-state index in [-0.39, 0.29) is 11.8 Å². The number of methoxy groups -OCH3 is 1. The molecule has 1 aromatic rings. The molecule has 0 saturated heterocycles. The fourth-order valence-corrected chi connectivity index (χ4v) is 1.50. The minimum atomic E-state index is -0.572. The van der Waals surface area contributed by atoms with E-state index in [9.17, 15) is 4.79 Å². The Balaban J connectivity index is 2.70. The highest BCUT2D eigenvalue weighted by Crippen LogP contribution is 2.09. The number of nitrogens with zero attached hydrogens (tertiary/aromatic N) is 1. The van der Waals surface area contributed by atoms with Gasteiger partial charge in [0.2, 0.25) is 0 Å². The van der Waals surface area contributed by atoms with E-state index >= 15 is 0 Å². The summed E-state index contributed by atoms with van der Waals surface area (Å²) in [5.41, 5.74) is 0.558. The lowest BCUT2D eigenvalue weighted by Crippen LogP contribution is -2.41. The Morgan fingerprint density at radius 1 is 1.47 bits per heavy atom. The van der Waals surface area contributed by atoms with Gasteiger partial charge in [0.1, 0.15) is 6.23 Å². The summed E-state index contributed by atoms with van der Waals surface area (Å²) in [4.78, 5) is 11.8. The molecular weight excluding hydrogens is 216 g/mol. The number of nitriles is 1. The van der Waals surface area contributed by atoms with Crippen LogP contribution in [0.5, 0.6) is 0 Å². The number of hydrogen-bond donors (Lipinski definition) is 1. The lowest BCUT2D eigenvalue weighted by Gasteiger charge is -2.20. The van der Waals surface area contributed by atoms with Crippen LogP contribution in [0.3, 0.4) is 0 Å². The molecule has 0 saturated carbocycles. The number of carbonyl (C=O) groups excluding carboxylic acids is 1. The van der Waals surface area contributed by atoms with Gasteiger partial charge in [-0.15, -0.1) is 0 Å². The van der Waals surface area contributed by atoms with E-state index in [2.05, 4.69) is 11.4 Å². The van der Waals surface area contributed by atoms with Gasteiger partial charge in [0.25, 0.3) is 5.91 Å². The van der Waals surface area contributed by atoms with Crippen molar-refractivity contribution in [2.24, 2.45) is 5.92 Å². The molecule has 0 heterocycles. The normalized spacial score (nSPS) is 13.5. The van der Waals surface area contributed by atoms with Crippen molar-refractivity contribution >= 4 is 5.91 Å². The minimum Gasteiger partial charge on any atom is -0.360 e. The maximum atomic E-state index is 11.8. The van der Waals surface area contributed by atoms with Crippen molar-refractivity contribution in [3.05, 3.63) is 35.9 Å². The fourth-order valence-electron chi connectivity index (χ4n) is 1.50. The van der Waals surface area contributed by atoms with Crippen LogP contribution >= 0.6 is 0 Å². The molecule has 1 aromatic carbocycles. The highest BCUT2D eigenvalue weighted by atomic mass is 16.5. The molecule has 0 aliphatic carbocycles. The molecule has 90 valence electrons. The third kappa shape index (κ3) is 3.58. The molecule has 4 heteroatoms. The molecule has 0 aromatic heterocycles. The summed E-state index contributed by atoms with van der Waals surface area (Å²) in [5, 5.41) is 11.6. The Hall–Kier alpha value is -1.86. The first kappa shape index (κ1) is 13.2. The van der Waals surface area contributed by atoms with Gasteiger partial charge >= 0.3 is 0 Å². The third-order valence-electron chi connectivity index (χ3n) is 2.53. The number of rotatable bonds is 5. The standard InChI is InChI=1S/C13H16N2O2/c1-3-10(9-14)13(17-2)15-12(16)11-7-5-4-6-8-11/h4-8,10,13H,3H2,1-2H3,(H,15,16)/t10-,13-/m0/s1. The molecule has 17 heavy (non-hydrogen) atoms. The van der Waals surface area contributed by atoms with Crippen LogP contribution in [0.25, 0.3) is 0 Å². The smallest absolute Gasteiger partial charge is 0.253 e. The molecule has 0 bridgehead atoms. The van der Waals surface area contributed by atoms with Crippen LogP contribution in [-0.4, -0.2) is 19.2 Å². The molecule has 2 atom stereocenters. The topological polar surface area (TPSA) is 62.1 Å². The van der Waals surface area contributed by atoms with Gasteiger partial charge in [0.05, 0.1) is 12.0 Å². The lowest BCUT2D eigenvalue weighted by atomic mass is 10.1. The van der Waals surface area contributed by atoms with Crippen LogP contribution in [0.15, 0.2) is 30.3 Å². The summed E-state index contributed by atoms with van der Waals surface area (Å²) in [7, 11) is 1.48. The number of nitrogens with one attached hydrogen (secondary N) is 1. The number of carbonyl (C=O) groups is 1. The number of amides is 1. The number of ether oxygens (including phenoxy) is 1. The SMILES string of the molecule is CC[C@@H](C#N)[C@@H](NC(=O)c1ccccc1)OC. The molecule has 0 radical (unpaired) electrons. The maximum Gasteiger partial charge on any atom is 0.253 e. The van der Waals surface area contributed by atoms with Gasteiger partial charge in [0.15, 0.2) is 0 Å². The predicted molar refractivity (Wildman–Crippen MR) is 64.1 cm³/mol. The molecule has 0 fully saturated rings. The van der Waals surface area contributed by atoms with Crippen LogP contribution in [0.4, 0.5) is 0 Å². The number of benzene rings is 1. The van der Waals surface area contributed by atoms with Crippen molar-refractivity contribution in [3.8, 4) is 6.07 Å². The summed E-state index contributed by atoms with van der Waals surface area (Å²) in [6, 6.07) is 11.0. The zero-order valence-electron chi connectivity index (χ0n) is 10.0. The van der Waals surface area contributed by atoms with Gasteiger partial charge in [-0.2, -0.15) is 5.26 Å². The first-order valence-electron chi connectivity index (χ1n) is 5.51. The first-order valence-corrected chi connectivity index (χ1v) is 5.51. The Morgan fingerprint density at radius 3 is 2.59 bits per heavy atom. The van der Waals surface area contributed by atoms with Gasteiger partial charge in [-0.25, -0.2) is 0 Å². The van der Waals surface area contributed by atoms with E-state index in [0.717, 1.165) is 0 Å². The van der Waals surface area contributed by atoms with Crippen LogP contribution in [0, 0.1) is 17.2 Å². The third-order valence-corrected chi connectivity index (χ3v) is 2.53. The lowest BCUT2D eigenvalue weighted by molar-refractivity contribution is 0.0371. The average Bonchev–Trinajstić information content (AvgIpc) is 2.39. The predicted octanol–water partition coefficient (Wildman–Crippen LogP) is 1.94. The molecule has 1 rings (SSSR count). The summed E-state index contributed by atoms with van der Waals surface area (Å²) < 4.78 is 5.13. The monoisotopic (exact) mass is 232 g/mol. The highest BCUT2D eigenvalue weighted by molar-refractivity contribution is 5.94. The van der Waals surface area contributed by atoms with Crippen molar-refractivity contribution in [2.45, 2.75) is 19.6 Å². The van der Waals surface area contributed by atoms with E-state index in [4.69, 9.17) is 10.00 Å². The van der Waals surface area contributed by atoms with E-state index in [1.165, 1.54) is 7.11 Å². The zero-order chi connectivity index (χ0) is 12.7. The summed E-state index contributed by atoms with van der Waals surface area (Å²) in [5.74, 6) is -0.571. The second-order valence-electron chi connectivity index (χ2n) is 3.64. The summed E-state index contributed by atoms with van der Waals surface area (Å²) >= 11 is 0. The Morgan fingerprint density at radius 2 is 2.12 bits per heavy atom. The van der Waals surface area contributed by atoms with Crippen molar-refractivity contribution < 1.29 is 9.53 Å². The van der Waals surface area contributed by atoms with Crippen molar-refractivity contribution in [2.75, 3.05) is 7.11 Å². The average molecular weight is 232 g/mol. The van der Waals surface area contributed by atoms with Crippen LogP contribution in [0.1, 0.15) is 23.7 Å². The van der Waals surface area contributed by atoms with Crippen LogP contribution in [-0.2, 0) is 4.74 Å².